The van der Waals surface area contributed by atoms with E-state index in [9.17, 15) is 4.79 Å². The first kappa shape index (κ1) is 9.34. The van der Waals surface area contributed by atoms with Crippen molar-refractivity contribution in [2.24, 2.45) is 0 Å². The maximum absolute atomic E-state index is 11.0. The van der Waals surface area contributed by atoms with E-state index in [1.54, 1.807) is 18.2 Å². The van der Waals surface area contributed by atoms with Crippen LogP contribution in [0.5, 0.6) is 5.75 Å². The lowest BCUT2D eigenvalue weighted by molar-refractivity contribution is -0.118. The van der Waals surface area contributed by atoms with Crippen LogP contribution in [0.25, 0.3) is 0 Å². The molecular weight excluding hydrogens is 194 g/mol. The fraction of sp³-hybridized carbons (Fsp3) is 0.200. The molecule has 5 heteroatoms. The standard InChI is InChI=1S/C10H9N3O2/c11-3-4-12-7-1-2-9-8(5-7)13-10(14)6-15-9/h1-2,5,12H,4,6H2,(H,13,14). The Morgan fingerprint density at radius 1 is 1.60 bits per heavy atom. The van der Waals surface area contributed by atoms with Gasteiger partial charge in [0.05, 0.1) is 11.8 Å². The van der Waals surface area contributed by atoms with Crippen molar-refractivity contribution in [1.29, 1.82) is 5.26 Å². The molecule has 0 radical (unpaired) electrons. The van der Waals surface area contributed by atoms with Crippen LogP contribution in [0.2, 0.25) is 0 Å². The van der Waals surface area contributed by atoms with E-state index in [-0.39, 0.29) is 19.1 Å². The number of carbonyl (C=O) groups excluding carboxylic acids is 1. The summed E-state index contributed by atoms with van der Waals surface area (Å²) in [6.45, 7) is 0.283. The number of nitrogens with zero attached hydrogens (tertiary/aromatic N) is 1. The van der Waals surface area contributed by atoms with Gasteiger partial charge in [-0.3, -0.25) is 4.79 Å². The second-order valence-corrected chi connectivity index (χ2v) is 3.06. The molecule has 1 aromatic carbocycles. The van der Waals surface area contributed by atoms with Gasteiger partial charge in [-0.15, -0.1) is 0 Å². The van der Waals surface area contributed by atoms with Crippen LogP contribution in [0.3, 0.4) is 0 Å². The van der Waals surface area contributed by atoms with E-state index >= 15 is 0 Å². The van der Waals surface area contributed by atoms with Crippen LogP contribution < -0.4 is 15.4 Å². The Morgan fingerprint density at radius 2 is 2.47 bits per heavy atom. The highest BCUT2D eigenvalue weighted by molar-refractivity contribution is 5.96. The van der Waals surface area contributed by atoms with E-state index in [1.807, 2.05) is 6.07 Å². The van der Waals surface area contributed by atoms with Gasteiger partial charge in [-0.25, -0.2) is 0 Å². The zero-order valence-corrected chi connectivity index (χ0v) is 7.91. The zero-order chi connectivity index (χ0) is 10.7. The van der Waals surface area contributed by atoms with Crippen molar-refractivity contribution < 1.29 is 9.53 Å². The SMILES string of the molecule is N#CCNc1ccc2c(c1)NC(=O)CO2. The molecule has 0 spiro atoms. The molecule has 2 rings (SSSR count). The Morgan fingerprint density at radius 3 is 3.27 bits per heavy atom. The van der Waals surface area contributed by atoms with E-state index in [4.69, 9.17) is 10.00 Å². The fourth-order valence-corrected chi connectivity index (χ4v) is 1.33. The number of carbonyl (C=O) groups is 1. The molecule has 76 valence electrons. The number of nitrogens with one attached hydrogen (secondary N) is 2. The lowest BCUT2D eigenvalue weighted by Gasteiger charge is -2.18. The maximum Gasteiger partial charge on any atom is 0.262 e. The fourth-order valence-electron chi connectivity index (χ4n) is 1.33. The highest BCUT2D eigenvalue weighted by Gasteiger charge is 2.15. The molecular formula is C10H9N3O2. The van der Waals surface area contributed by atoms with Gasteiger partial charge in [0.1, 0.15) is 12.3 Å². The third-order valence-electron chi connectivity index (χ3n) is 1.98. The minimum Gasteiger partial charge on any atom is -0.482 e. The largest absolute Gasteiger partial charge is 0.482 e. The Kier molecular flexibility index (Phi) is 2.42. The van der Waals surface area contributed by atoms with Crippen molar-refractivity contribution in [3.8, 4) is 11.8 Å². The predicted molar refractivity (Wildman–Crippen MR) is 54.7 cm³/mol. The van der Waals surface area contributed by atoms with Gasteiger partial charge in [-0.1, -0.05) is 0 Å². The molecule has 15 heavy (non-hydrogen) atoms. The number of anilines is 2. The summed E-state index contributed by atoms with van der Waals surface area (Å²) >= 11 is 0. The Labute approximate surface area is 86.7 Å². The summed E-state index contributed by atoms with van der Waals surface area (Å²) in [6, 6.07) is 7.27. The summed E-state index contributed by atoms with van der Waals surface area (Å²) < 4.78 is 5.19. The second-order valence-electron chi connectivity index (χ2n) is 3.06. The molecule has 0 unspecified atom stereocenters. The van der Waals surface area contributed by atoms with Crippen molar-refractivity contribution in [2.75, 3.05) is 23.8 Å². The number of rotatable bonds is 2. The molecule has 0 aromatic heterocycles. The van der Waals surface area contributed by atoms with Crippen molar-refractivity contribution >= 4 is 17.3 Å². The quantitative estimate of drug-likeness (QED) is 0.702. The molecule has 1 aliphatic rings. The van der Waals surface area contributed by atoms with Crippen LogP contribution in [0.15, 0.2) is 18.2 Å². The number of amides is 1. The van der Waals surface area contributed by atoms with Gasteiger partial charge in [0.2, 0.25) is 0 Å². The van der Waals surface area contributed by atoms with Gasteiger partial charge in [0, 0.05) is 5.69 Å². The van der Waals surface area contributed by atoms with Gasteiger partial charge < -0.3 is 15.4 Å². The lowest BCUT2D eigenvalue weighted by Crippen LogP contribution is -2.25. The second kappa shape index (κ2) is 3.88. The molecule has 0 saturated carbocycles. The summed E-state index contributed by atoms with van der Waals surface area (Å²) in [5.74, 6) is 0.483. The van der Waals surface area contributed by atoms with Gasteiger partial charge in [0.15, 0.2) is 6.61 Å². The Bertz CT molecular complexity index is 437. The van der Waals surface area contributed by atoms with E-state index in [1.165, 1.54) is 0 Å². The minimum absolute atomic E-state index is 0.0535. The molecule has 5 nitrogen and oxygen atoms in total. The van der Waals surface area contributed by atoms with Gasteiger partial charge in [-0.2, -0.15) is 5.26 Å². The van der Waals surface area contributed by atoms with Crippen LogP contribution in [-0.2, 0) is 4.79 Å². The number of hydrogen-bond donors (Lipinski definition) is 2. The van der Waals surface area contributed by atoms with E-state index in [0.717, 1.165) is 5.69 Å². The van der Waals surface area contributed by atoms with Crippen molar-refractivity contribution in [3.05, 3.63) is 18.2 Å². The first-order valence-electron chi connectivity index (χ1n) is 4.47. The first-order chi connectivity index (χ1) is 7.29. The van der Waals surface area contributed by atoms with Crippen LogP contribution in [0, 0.1) is 11.3 Å². The predicted octanol–water partition coefficient (Wildman–Crippen LogP) is 0.953. The summed E-state index contributed by atoms with van der Waals surface area (Å²) in [5.41, 5.74) is 1.41. The highest BCUT2D eigenvalue weighted by Crippen LogP contribution is 2.30. The molecule has 0 fully saturated rings. The van der Waals surface area contributed by atoms with Gasteiger partial charge >= 0.3 is 0 Å². The van der Waals surface area contributed by atoms with Crippen LogP contribution in [0.4, 0.5) is 11.4 Å². The minimum atomic E-state index is -0.167. The molecule has 1 aliphatic heterocycles. The third-order valence-corrected chi connectivity index (χ3v) is 1.98. The summed E-state index contributed by atoms with van der Waals surface area (Å²) in [7, 11) is 0. The van der Waals surface area contributed by atoms with Crippen molar-refractivity contribution in [1.82, 2.24) is 0 Å². The number of ether oxygens (including phenoxy) is 1. The summed E-state index contributed by atoms with van der Waals surface area (Å²) in [4.78, 5) is 11.0. The van der Waals surface area contributed by atoms with E-state index in [0.29, 0.717) is 11.4 Å². The van der Waals surface area contributed by atoms with Crippen LogP contribution >= 0.6 is 0 Å². The highest BCUT2D eigenvalue weighted by atomic mass is 16.5. The average Bonchev–Trinajstić information content (AvgIpc) is 2.25. The molecule has 0 atom stereocenters. The van der Waals surface area contributed by atoms with Gasteiger partial charge in [-0.05, 0) is 18.2 Å². The monoisotopic (exact) mass is 203 g/mol. The van der Waals surface area contributed by atoms with Crippen LogP contribution in [-0.4, -0.2) is 19.1 Å². The van der Waals surface area contributed by atoms with E-state index in [2.05, 4.69) is 10.6 Å². The lowest BCUT2D eigenvalue weighted by atomic mass is 10.2. The Balaban J connectivity index is 2.21. The number of benzene rings is 1. The average molecular weight is 203 g/mol. The molecule has 1 aromatic rings. The zero-order valence-electron chi connectivity index (χ0n) is 7.91. The molecule has 2 N–H and O–H groups in total. The maximum atomic E-state index is 11.0. The van der Waals surface area contributed by atoms with Crippen molar-refractivity contribution in [2.45, 2.75) is 0 Å². The molecule has 1 heterocycles. The summed E-state index contributed by atoms with van der Waals surface area (Å²) in [6.07, 6.45) is 0. The van der Waals surface area contributed by atoms with Crippen LogP contribution in [0.1, 0.15) is 0 Å². The smallest absolute Gasteiger partial charge is 0.262 e. The molecule has 0 bridgehead atoms. The van der Waals surface area contributed by atoms with Crippen molar-refractivity contribution in [3.63, 3.8) is 0 Å². The van der Waals surface area contributed by atoms with Gasteiger partial charge in [0.25, 0.3) is 5.91 Å². The molecule has 1 amide bonds. The molecule has 0 aliphatic carbocycles. The first-order valence-corrected chi connectivity index (χ1v) is 4.47. The number of hydrogen-bond acceptors (Lipinski definition) is 4. The summed E-state index contributed by atoms with van der Waals surface area (Å²) in [5, 5.41) is 14.0. The number of nitriles is 1. The third kappa shape index (κ3) is 1.99. The molecule has 0 saturated heterocycles. The topological polar surface area (TPSA) is 74.2 Å². The number of fused-ring (bicyclic) bond motifs is 1. The normalized spacial score (nSPS) is 13.1. The van der Waals surface area contributed by atoms with E-state index < -0.39 is 0 Å². The Hall–Kier alpha value is -2.22.